The van der Waals surface area contributed by atoms with E-state index in [9.17, 15) is 0 Å². The van der Waals surface area contributed by atoms with Gasteiger partial charge < -0.3 is 0 Å². The van der Waals surface area contributed by atoms with Gasteiger partial charge in [0.2, 0.25) is 0 Å². The molecule has 0 aromatic heterocycles. The van der Waals surface area contributed by atoms with E-state index in [0.717, 1.165) is 5.69 Å². The molecule has 0 fully saturated rings. The summed E-state index contributed by atoms with van der Waals surface area (Å²) in [6, 6.07) is 6.26. The molecular weight excluding hydrogens is 225 g/mol. The van der Waals surface area contributed by atoms with E-state index in [2.05, 4.69) is 64.3 Å². The molecule has 68 valence electrons. The Morgan fingerprint density at radius 1 is 1.38 bits per heavy atom. The van der Waals surface area contributed by atoms with E-state index in [0.29, 0.717) is 5.92 Å². The van der Waals surface area contributed by atoms with Crippen LogP contribution in [-0.2, 0) is 0 Å². The second-order valence-corrected chi connectivity index (χ2v) is 3.75. The van der Waals surface area contributed by atoms with Gasteiger partial charge >= 0.3 is 87.0 Å². The molecule has 0 aliphatic carbocycles. The predicted octanol–water partition coefficient (Wildman–Crippen LogP) is 2.82. The van der Waals surface area contributed by atoms with Gasteiger partial charge in [-0.15, -0.1) is 0 Å². The first-order chi connectivity index (χ1) is 6.16. The van der Waals surface area contributed by atoms with Crippen LogP contribution in [0.4, 0.5) is 5.69 Å². The predicted molar refractivity (Wildman–Crippen MR) is 58.1 cm³/mol. The van der Waals surface area contributed by atoms with Crippen LogP contribution in [0.5, 0.6) is 0 Å². The zero-order valence-corrected chi connectivity index (χ0v) is 9.88. The molecule has 2 heteroatoms. The van der Waals surface area contributed by atoms with E-state index in [1.807, 2.05) is 0 Å². The van der Waals surface area contributed by atoms with Gasteiger partial charge in [0.1, 0.15) is 0 Å². The van der Waals surface area contributed by atoms with Gasteiger partial charge in [0, 0.05) is 0 Å². The quantitative estimate of drug-likeness (QED) is 0.555. The minimum absolute atomic E-state index is 0.506. The Labute approximate surface area is 87.3 Å². The topological polar surface area (TPSA) is 12.4 Å². The second kappa shape index (κ2) is 4.53. The normalized spacial score (nSPS) is 9.85. The van der Waals surface area contributed by atoms with E-state index in [4.69, 9.17) is 0 Å². The van der Waals surface area contributed by atoms with Crippen molar-refractivity contribution in [3.05, 3.63) is 29.3 Å². The molecule has 0 atom stereocenters. The Hall–Kier alpha value is -0.681. The zero-order chi connectivity index (χ0) is 9.84. The summed E-state index contributed by atoms with van der Waals surface area (Å²) < 4.78 is 2.72. The molecule has 1 rings (SSSR count). The van der Waals surface area contributed by atoms with Crippen molar-refractivity contribution in [2.45, 2.75) is 26.7 Å². The molecular formula is C11H13NSe. The molecule has 0 unspecified atom stereocenters. The Bertz CT molecular complexity index is 349. The number of hydrogen-bond donors (Lipinski definition) is 0. The van der Waals surface area contributed by atoms with Gasteiger partial charge in [-0.25, -0.2) is 0 Å². The summed E-state index contributed by atoms with van der Waals surface area (Å²) in [6.07, 6.45) is 0. The summed E-state index contributed by atoms with van der Waals surface area (Å²) in [5, 5.41) is 0. The number of rotatable bonds is 2. The van der Waals surface area contributed by atoms with Gasteiger partial charge in [0.05, 0.1) is 0 Å². The van der Waals surface area contributed by atoms with E-state index in [-0.39, 0.29) is 0 Å². The van der Waals surface area contributed by atoms with Crippen LogP contribution in [0.1, 0.15) is 30.9 Å². The average molecular weight is 238 g/mol. The van der Waals surface area contributed by atoms with Crippen LogP contribution in [0, 0.1) is 6.92 Å². The molecule has 0 amide bonds. The van der Waals surface area contributed by atoms with Gasteiger partial charge in [-0.05, 0) is 0 Å². The molecule has 0 aliphatic heterocycles. The van der Waals surface area contributed by atoms with E-state index < -0.39 is 0 Å². The Morgan fingerprint density at radius 2 is 2.08 bits per heavy atom. The van der Waals surface area contributed by atoms with Crippen molar-refractivity contribution in [2.75, 3.05) is 0 Å². The maximum absolute atomic E-state index is 4.22. The van der Waals surface area contributed by atoms with Crippen LogP contribution in [-0.4, -0.2) is 20.3 Å². The molecule has 0 N–H and O–H groups in total. The number of hydrogen-bond acceptors (Lipinski definition) is 1. The van der Waals surface area contributed by atoms with Gasteiger partial charge in [-0.3, -0.25) is 0 Å². The third kappa shape index (κ3) is 2.38. The first-order valence-electron chi connectivity index (χ1n) is 4.34. The summed E-state index contributed by atoms with van der Waals surface area (Å²) in [6.45, 7) is 6.42. The maximum atomic E-state index is 4.22. The molecule has 0 saturated carbocycles. The van der Waals surface area contributed by atoms with Crippen molar-refractivity contribution in [1.82, 2.24) is 0 Å². The minimum atomic E-state index is 0.506. The SMILES string of the molecule is Cc1cccc(C(C)C)c1N=C=[Se]. The molecule has 13 heavy (non-hydrogen) atoms. The van der Waals surface area contributed by atoms with Crippen LogP contribution in [0.15, 0.2) is 23.2 Å². The third-order valence-electron chi connectivity index (χ3n) is 2.05. The van der Waals surface area contributed by atoms with Crippen LogP contribution in [0.3, 0.4) is 0 Å². The Kier molecular flexibility index (Phi) is 3.62. The van der Waals surface area contributed by atoms with Crippen molar-refractivity contribution in [3.8, 4) is 0 Å². The van der Waals surface area contributed by atoms with Crippen molar-refractivity contribution < 1.29 is 0 Å². The summed E-state index contributed by atoms with van der Waals surface area (Å²) in [5.74, 6) is 0.506. The van der Waals surface area contributed by atoms with Crippen LogP contribution < -0.4 is 0 Å². The number of nitrogens with zero attached hydrogens (tertiary/aromatic N) is 1. The third-order valence-corrected chi connectivity index (χ3v) is 2.24. The summed E-state index contributed by atoms with van der Waals surface area (Å²) in [4.78, 5) is 4.22. The fourth-order valence-corrected chi connectivity index (χ4v) is 1.54. The van der Waals surface area contributed by atoms with Gasteiger partial charge in [-0.2, -0.15) is 0 Å². The fraction of sp³-hybridized carbons (Fsp3) is 0.364. The molecule has 0 spiro atoms. The monoisotopic (exact) mass is 239 g/mol. The number of para-hydroxylation sites is 1. The summed E-state index contributed by atoms with van der Waals surface area (Å²) in [7, 11) is 0. The Balaban J connectivity index is 3.33. The molecule has 1 aromatic rings. The standard InChI is InChI=1S/C11H13NSe/c1-8(2)10-6-4-5-9(3)11(10)12-7-13/h4-6,8H,1-3H3. The van der Waals surface area contributed by atoms with Gasteiger partial charge in [0.15, 0.2) is 0 Å². The Morgan fingerprint density at radius 3 is 2.62 bits per heavy atom. The zero-order valence-electron chi connectivity index (χ0n) is 8.16. The van der Waals surface area contributed by atoms with Crippen molar-refractivity contribution in [2.24, 2.45) is 4.99 Å². The van der Waals surface area contributed by atoms with Crippen molar-refractivity contribution in [3.63, 3.8) is 0 Å². The molecule has 0 aliphatic rings. The van der Waals surface area contributed by atoms with Crippen LogP contribution in [0.25, 0.3) is 0 Å². The van der Waals surface area contributed by atoms with Crippen LogP contribution >= 0.6 is 0 Å². The molecule has 0 radical (unpaired) electrons. The van der Waals surface area contributed by atoms with Gasteiger partial charge in [0.25, 0.3) is 0 Å². The summed E-state index contributed by atoms with van der Waals surface area (Å²) in [5.41, 5.74) is 3.54. The molecule has 1 nitrogen and oxygen atoms in total. The van der Waals surface area contributed by atoms with Crippen LogP contribution in [0.2, 0.25) is 0 Å². The van der Waals surface area contributed by atoms with Crippen molar-refractivity contribution in [1.29, 1.82) is 0 Å². The first-order valence-corrected chi connectivity index (χ1v) is 5.20. The summed E-state index contributed by atoms with van der Waals surface area (Å²) >= 11 is 2.67. The van der Waals surface area contributed by atoms with E-state index in [1.165, 1.54) is 11.1 Å². The molecule has 1 aromatic carbocycles. The number of benzene rings is 1. The first kappa shape index (κ1) is 10.4. The average Bonchev–Trinajstić information content (AvgIpc) is 2.08. The van der Waals surface area contributed by atoms with E-state index >= 15 is 0 Å². The number of aryl methyl sites for hydroxylation is 1. The molecule has 0 saturated heterocycles. The number of aliphatic imine (C=N–C) groups is 1. The molecule has 0 heterocycles. The fourth-order valence-electron chi connectivity index (χ4n) is 1.35. The van der Waals surface area contributed by atoms with Crippen molar-refractivity contribution >= 4 is 26.0 Å². The van der Waals surface area contributed by atoms with E-state index in [1.54, 1.807) is 0 Å². The second-order valence-electron chi connectivity index (χ2n) is 3.37. The molecule has 0 bridgehead atoms. The van der Waals surface area contributed by atoms with Gasteiger partial charge in [-0.1, -0.05) is 0 Å².